The fourth-order valence-electron chi connectivity index (χ4n) is 3.43. The van der Waals surface area contributed by atoms with Gasteiger partial charge < -0.3 is 25.4 Å². The van der Waals surface area contributed by atoms with Gasteiger partial charge in [0.25, 0.3) is 5.56 Å². The Balaban J connectivity index is 1.88. The maximum Gasteiger partial charge on any atom is 0.280 e. The van der Waals surface area contributed by atoms with Crippen molar-refractivity contribution < 1.29 is 19.7 Å². The van der Waals surface area contributed by atoms with E-state index in [1.807, 2.05) is 24.3 Å². The maximum atomic E-state index is 12.3. The largest absolute Gasteiger partial charge is 0.394 e. The second kappa shape index (κ2) is 7.32. The minimum Gasteiger partial charge on any atom is -0.394 e. The zero-order valence-corrected chi connectivity index (χ0v) is 15.2. The fraction of sp³-hybridized carbons (Fsp3) is 0.389. The third-order valence-corrected chi connectivity index (χ3v) is 4.76. The van der Waals surface area contributed by atoms with E-state index in [2.05, 4.69) is 15.0 Å². The molecule has 3 aromatic rings. The number of anilines is 1. The summed E-state index contributed by atoms with van der Waals surface area (Å²) in [7, 11) is 1.62. The predicted molar refractivity (Wildman–Crippen MR) is 100 cm³/mol. The number of methoxy groups -OCH3 is 1. The summed E-state index contributed by atoms with van der Waals surface area (Å²) in [6.45, 7) is 0.159. The van der Waals surface area contributed by atoms with Gasteiger partial charge in [0.1, 0.15) is 18.2 Å². The molecule has 148 valence electrons. The van der Waals surface area contributed by atoms with Gasteiger partial charge in [-0.25, -0.2) is 4.98 Å². The van der Waals surface area contributed by atoms with E-state index in [0.717, 1.165) is 11.1 Å². The molecule has 2 aromatic heterocycles. The number of nitrogens with one attached hydrogen (secondary N) is 1. The Morgan fingerprint density at radius 2 is 2.11 bits per heavy atom. The van der Waals surface area contributed by atoms with E-state index in [4.69, 9.17) is 15.2 Å². The smallest absolute Gasteiger partial charge is 0.280 e. The maximum absolute atomic E-state index is 12.3. The lowest BCUT2D eigenvalue weighted by atomic mass is 10.1. The molecule has 4 rings (SSSR count). The number of ether oxygens (including phenoxy) is 2. The van der Waals surface area contributed by atoms with Crippen LogP contribution >= 0.6 is 0 Å². The highest BCUT2D eigenvalue weighted by molar-refractivity contribution is 5.77. The van der Waals surface area contributed by atoms with Crippen LogP contribution in [-0.2, 0) is 16.1 Å². The van der Waals surface area contributed by atoms with Crippen molar-refractivity contribution in [2.45, 2.75) is 31.5 Å². The van der Waals surface area contributed by atoms with Crippen molar-refractivity contribution in [3.05, 3.63) is 40.2 Å². The number of fused-ring (bicyclic) bond motifs is 1. The van der Waals surface area contributed by atoms with Crippen LogP contribution in [0.1, 0.15) is 18.2 Å². The van der Waals surface area contributed by atoms with E-state index in [1.165, 1.54) is 0 Å². The second-order valence-corrected chi connectivity index (χ2v) is 6.67. The molecule has 1 fully saturated rings. The molecule has 0 radical (unpaired) electrons. The molecule has 5 N–H and O–H groups in total. The number of aliphatic hydroxyl groups is 2. The van der Waals surface area contributed by atoms with E-state index < -0.39 is 24.0 Å². The lowest BCUT2D eigenvalue weighted by molar-refractivity contribution is -0.0426. The van der Waals surface area contributed by atoms with E-state index in [0.29, 0.717) is 12.4 Å². The zero-order valence-electron chi connectivity index (χ0n) is 15.2. The summed E-state index contributed by atoms with van der Waals surface area (Å²) in [5.41, 5.74) is 7.36. The number of hydrogen-bond acceptors (Lipinski definition) is 8. The molecule has 10 heteroatoms. The molecule has 1 saturated heterocycles. The molecular formula is C18H21N5O5. The Kier molecular flexibility index (Phi) is 4.85. The van der Waals surface area contributed by atoms with Crippen LogP contribution in [0.2, 0.25) is 0 Å². The molecule has 0 aliphatic carbocycles. The highest BCUT2D eigenvalue weighted by atomic mass is 16.5. The van der Waals surface area contributed by atoms with Crippen molar-refractivity contribution in [1.82, 2.24) is 19.5 Å². The number of imidazole rings is 1. The lowest BCUT2D eigenvalue weighted by Crippen LogP contribution is -2.24. The van der Waals surface area contributed by atoms with Crippen LogP contribution in [-0.4, -0.2) is 55.7 Å². The Labute approximate surface area is 159 Å². The molecule has 0 spiro atoms. The van der Waals surface area contributed by atoms with Gasteiger partial charge in [-0.3, -0.25) is 14.3 Å². The van der Waals surface area contributed by atoms with Gasteiger partial charge in [-0.05, 0) is 5.56 Å². The Hall–Kier alpha value is -2.79. The van der Waals surface area contributed by atoms with Gasteiger partial charge in [-0.1, -0.05) is 24.3 Å². The highest BCUT2D eigenvalue weighted by Gasteiger charge is 2.37. The van der Waals surface area contributed by atoms with E-state index in [9.17, 15) is 15.0 Å². The van der Waals surface area contributed by atoms with Crippen molar-refractivity contribution >= 4 is 17.1 Å². The van der Waals surface area contributed by atoms with Crippen molar-refractivity contribution in [3.8, 4) is 11.4 Å². The molecule has 0 bridgehead atoms. The number of benzene rings is 1. The standard InChI is InChI=1S/C18H21N5O5/c1-27-8-9-2-4-10(5-3-9)15-20-14-16(21-18(19)22-17(14)26)23(15)13-6-11(25)12(7-24)28-13/h2-5,11-13,24-25H,6-8H2,1H3,(H3,19,21,22,26)/t11-,12+,13+/m0/s1. The van der Waals surface area contributed by atoms with E-state index >= 15 is 0 Å². The second-order valence-electron chi connectivity index (χ2n) is 6.67. The first-order chi connectivity index (χ1) is 13.5. The SMILES string of the molecule is COCc1ccc(-c2nc3c(=O)[nH]c(N)nc3n2[C@H]2C[C@H](O)[C@@H](CO)O2)cc1. The molecule has 3 atom stereocenters. The molecule has 1 aliphatic heterocycles. The quantitative estimate of drug-likeness (QED) is 0.484. The van der Waals surface area contributed by atoms with Gasteiger partial charge in [0.15, 0.2) is 11.2 Å². The summed E-state index contributed by atoms with van der Waals surface area (Å²) < 4.78 is 12.6. The first-order valence-electron chi connectivity index (χ1n) is 8.82. The lowest BCUT2D eigenvalue weighted by Gasteiger charge is -2.17. The average molecular weight is 387 g/mol. The molecule has 0 amide bonds. The molecule has 1 aliphatic rings. The summed E-state index contributed by atoms with van der Waals surface area (Å²) in [6, 6.07) is 7.52. The first kappa shape index (κ1) is 18.6. The van der Waals surface area contributed by atoms with Gasteiger partial charge in [0.05, 0.1) is 19.3 Å². The summed E-state index contributed by atoms with van der Waals surface area (Å²) >= 11 is 0. The summed E-state index contributed by atoms with van der Waals surface area (Å²) in [4.78, 5) is 23.5. The predicted octanol–water partition coefficient (Wildman–Crippen LogP) is 0.156. The first-order valence-corrected chi connectivity index (χ1v) is 8.82. The third kappa shape index (κ3) is 3.16. The zero-order chi connectivity index (χ0) is 19.8. The number of rotatable bonds is 5. The van der Waals surface area contributed by atoms with Crippen LogP contribution in [0.5, 0.6) is 0 Å². The van der Waals surface area contributed by atoms with Gasteiger partial charge >= 0.3 is 0 Å². The van der Waals surface area contributed by atoms with Crippen molar-refractivity contribution in [1.29, 1.82) is 0 Å². The fourth-order valence-corrected chi connectivity index (χ4v) is 3.43. The Morgan fingerprint density at radius 3 is 2.75 bits per heavy atom. The molecule has 3 heterocycles. The topological polar surface area (TPSA) is 149 Å². The number of aromatic nitrogens is 4. The normalized spacial score (nSPS) is 22.2. The Bertz CT molecular complexity index is 1040. The monoisotopic (exact) mass is 387 g/mol. The van der Waals surface area contributed by atoms with Crippen molar-refractivity contribution in [3.63, 3.8) is 0 Å². The average Bonchev–Trinajstić information content (AvgIpc) is 3.23. The van der Waals surface area contributed by atoms with Crippen LogP contribution in [0.3, 0.4) is 0 Å². The Morgan fingerprint density at radius 1 is 1.36 bits per heavy atom. The van der Waals surface area contributed by atoms with Crippen LogP contribution in [0, 0.1) is 0 Å². The van der Waals surface area contributed by atoms with E-state index in [1.54, 1.807) is 11.7 Å². The number of nitrogens with zero attached hydrogens (tertiary/aromatic N) is 3. The number of H-pyrrole nitrogens is 1. The summed E-state index contributed by atoms with van der Waals surface area (Å²) in [5, 5.41) is 19.6. The number of nitrogens with two attached hydrogens (primary N) is 1. The summed E-state index contributed by atoms with van der Waals surface area (Å²) in [5.74, 6) is 0.413. The minimum atomic E-state index is -0.844. The van der Waals surface area contributed by atoms with Crippen LogP contribution in [0.4, 0.5) is 5.95 Å². The van der Waals surface area contributed by atoms with Crippen LogP contribution < -0.4 is 11.3 Å². The van der Waals surface area contributed by atoms with E-state index in [-0.39, 0.29) is 30.1 Å². The number of aromatic amines is 1. The van der Waals surface area contributed by atoms with Gasteiger partial charge in [0, 0.05) is 19.1 Å². The number of hydrogen-bond donors (Lipinski definition) is 4. The highest BCUT2D eigenvalue weighted by Crippen LogP contribution is 2.35. The molecular weight excluding hydrogens is 366 g/mol. The van der Waals surface area contributed by atoms with Crippen LogP contribution in [0.15, 0.2) is 29.1 Å². The van der Waals surface area contributed by atoms with Gasteiger partial charge in [-0.15, -0.1) is 0 Å². The van der Waals surface area contributed by atoms with Gasteiger partial charge in [-0.2, -0.15) is 4.98 Å². The molecule has 1 aromatic carbocycles. The molecule has 0 unspecified atom stereocenters. The third-order valence-electron chi connectivity index (χ3n) is 4.76. The number of aliphatic hydroxyl groups excluding tert-OH is 2. The van der Waals surface area contributed by atoms with Crippen LogP contribution in [0.25, 0.3) is 22.6 Å². The minimum absolute atomic E-state index is 0.0436. The molecule has 28 heavy (non-hydrogen) atoms. The summed E-state index contributed by atoms with van der Waals surface area (Å²) in [6.07, 6.45) is -2.00. The molecule has 0 saturated carbocycles. The van der Waals surface area contributed by atoms with Crippen molar-refractivity contribution in [2.75, 3.05) is 19.5 Å². The van der Waals surface area contributed by atoms with Gasteiger partial charge in [0.2, 0.25) is 5.95 Å². The van der Waals surface area contributed by atoms with Crippen molar-refractivity contribution in [2.24, 2.45) is 0 Å². The molecule has 10 nitrogen and oxygen atoms in total. The number of nitrogen functional groups attached to an aromatic ring is 1.